The molecule has 0 saturated carbocycles. The predicted octanol–water partition coefficient (Wildman–Crippen LogP) is 6.20. The number of hydrogen-bond acceptors (Lipinski definition) is 3. The van der Waals surface area contributed by atoms with E-state index in [1.54, 1.807) is 16.8 Å². The molecule has 0 atom stereocenters. The van der Waals surface area contributed by atoms with E-state index in [1.807, 2.05) is 78.6 Å². The highest BCUT2D eigenvalue weighted by atomic mass is 79.9. The third-order valence-electron chi connectivity index (χ3n) is 5.93. The fourth-order valence-electron chi connectivity index (χ4n) is 4.01. The summed E-state index contributed by atoms with van der Waals surface area (Å²) < 4.78 is 20.0. The lowest BCUT2D eigenvalue weighted by molar-refractivity contribution is 0.626. The van der Waals surface area contributed by atoms with Gasteiger partial charge in [-0.25, -0.2) is 14.1 Å². The molecule has 0 radical (unpaired) electrons. The van der Waals surface area contributed by atoms with Gasteiger partial charge in [-0.15, -0.1) is 11.3 Å². The van der Waals surface area contributed by atoms with Crippen molar-refractivity contribution in [1.29, 1.82) is 0 Å². The normalized spacial score (nSPS) is 11.8. The van der Waals surface area contributed by atoms with Crippen LogP contribution in [0.3, 0.4) is 0 Å². The van der Waals surface area contributed by atoms with Crippen molar-refractivity contribution in [2.45, 2.75) is 13.5 Å². The zero-order valence-electron chi connectivity index (χ0n) is 19.2. The van der Waals surface area contributed by atoms with E-state index in [0.29, 0.717) is 17.0 Å². The van der Waals surface area contributed by atoms with E-state index < -0.39 is 0 Å². The van der Waals surface area contributed by atoms with E-state index in [9.17, 15) is 9.18 Å². The van der Waals surface area contributed by atoms with Crippen molar-refractivity contribution in [2.24, 2.45) is 12.0 Å². The van der Waals surface area contributed by atoms with Gasteiger partial charge in [-0.05, 0) is 42.8 Å². The van der Waals surface area contributed by atoms with Gasteiger partial charge < -0.3 is 4.57 Å². The molecule has 0 amide bonds. The lowest BCUT2D eigenvalue weighted by atomic mass is 10.1. The van der Waals surface area contributed by atoms with Crippen LogP contribution in [0.4, 0.5) is 10.1 Å². The third-order valence-corrected chi connectivity index (χ3v) is 7.49. The van der Waals surface area contributed by atoms with Gasteiger partial charge in [0.15, 0.2) is 10.5 Å². The molecule has 0 aliphatic carbocycles. The minimum Gasteiger partial charge on any atom is -0.312 e. The van der Waals surface area contributed by atoms with Crippen molar-refractivity contribution >= 4 is 33.0 Å². The molecule has 0 aliphatic rings. The molecule has 35 heavy (non-hydrogen) atoms. The average molecular weight is 549 g/mol. The van der Waals surface area contributed by atoms with Crippen LogP contribution in [-0.2, 0) is 13.6 Å². The summed E-state index contributed by atoms with van der Waals surface area (Å²) in [5.41, 5.74) is 4.67. The van der Waals surface area contributed by atoms with Crippen LogP contribution in [-0.4, -0.2) is 13.9 Å². The smallest absolute Gasteiger partial charge is 0.297 e. The van der Waals surface area contributed by atoms with Crippen LogP contribution in [0.2, 0.25) is 0 Å². The fourth-order valence-corrected chi connectivity index (χ4v) is 5.40. The molecule has 0 bridgehead atoms. The number of halogens is 2. The highest BCUT2D eigenvalue weighted by Gasteiger charge is 2.17. The number of nitrogens with zero attached hydrogens (tertiary/aromatic N) is 4. The molecule has 0 spiro atoms. The van der Waals surface area contributed by atoms with Crippen molar-refractivity contribution in [3.8, 4) is 16.9 Å². The van der Waals surface area contributed by atoms with Crippen molar-refractivity contribution < 1.29 is 4.39 Å². The molecule has 0 unspecified atom stereocenters. The minimum absolute atomic E-state index is 0.180. The maximum absolute atomic E-state index is 13.5. The molecule has 2 heterocycles. The van der Waals surface area contributed by atoms with Gasteiger partial charge in [0.05, 0.1) is 23.6 Å². The summed E-state index contributed by atoms with van der Waals surface area (Å²) in [5, 5.41) is 2.04. The summed E-state index contributed by atoms with van der Waals surface area (Å²) in [4.78, 5) is 19.0. The maximum atomic E-state index is 13.5. The molecule has 5 aromatic rings. The van der Waals surface area contributed by atoms with Gasteiger partial charge in [0.2, 0.25) is 0 Å². The van der Waals surface area contributed by atoms with E-state index in [2.05, 4.69) is 20.5 Å². The second-order valence-corrected chi connectivity index (χ2v) is 9.81. The summed E-state index contributed by atoms with van der Waals surface area (Å²) >= 11 is 5.12. The average Bonchev–Trinajstić information content (AvgIpc) is 3.35. The Kier molecular flexibility index (Phi) is 6.40. The third kappa shape index (κ3) is 4.47. The van der Waals surface area contributed by atoms with Crippen LogP contribution in [0.15, 0.2) is 98.5 Å². The Balaban J connectivity index is 1.71. The Labute approximate surface area is 214 Å². The zero-order valence-corrected chi connectivity index (χ0v) is 21.6. The Morgan fingerprint density at radius 2 is 1.66 bits per heavy atom. The van der Waals surface area contributed by atoms with Gasteiger partial charge in [0.1, 0.15) is 5.82 Å². The first-order chi connectivity index (χ1) is 16.9. The maximum Gasteiger partial charge on any atom is 0.297 e. The van der Waals surface area contributed by atoms with Gasteiger partial charge in [0, 0.05) is 22.5 Å². The summed E-state index contributed by atoms with van der Waals surface area (Å²) in [5.74, 6) is -0.276. The van der Waals surface area contributed by atoms with Crippen LogP contribution in [0.5, 0.6) is 0 Å². The van der Waals surface area contributed by atoms with Gasteiger partial charge >= 0.3 is 0 Å². The standard InChI is InChI=1S/C27H22BrFN4OS/c1-18-25(26(34)33(31(18)2)21-8-4-3-5-9-21)30-27-32(16-19-12-14-20(29)15-13-19)24(17-35-27)22-10-6-7-11-23(22)28/h3-15,17H,16H2,1-2H3. The first kappa shape index (κ1) is 23.3. The van der Waals surface area contributed by atoms with Gasteiger partial charge in [-0.2, -0.15) is 0 Å². The highest BCUT2D eigenvalue weighted by molar-refractivity contribution is 9.10. The van der Waals surface area contributed by atoms with Crippen LogP contribution in [0.1, 0.15) is 11.3 Å². The molecule has 8 heteroatoms. The molecule has 0 fully saturated rings. The summed E-state index contributed by atoms with van der Waals surface area (Å²) in [6.07, 6.45) is 0. The topological polar surface area (TPSA) is 44.2 Å². The number of thiazole rings is 1. The number of para-hydroxylation sites is 1. The molecule has 5 nitrogen and oxygen atoms in total. The van der Waals surface area contributed by atoms with Gasteiger partial charge in [-0.3, -0.25) is 9.48 Å². The number of benzene rings is 3. The molecule has 2 aromatic heterocycles. The molecule has 0 aliphatic heterocycles. The molecule has 5 rings (SSSR count). The zero-order chi connectivity index (χ0) is 24.5. The molecular weight excluding hydrogens is 527 g/mol. The first-order valence-electron chi connectivity index (χ1n) is 11.0. The lowest BCUT2D eigenvalue weighted by Crippen LogP contribution is -2.20. The Hall–Kier alpha value is -3.49. The summed E-state index contributed by atoms with van der Waals surface area (Å²) in [6, 6.07) is 23.9. The van der Waals surface area contributed by atoms with E-state index in [-0.39, 0.29) is 11.4 Å². The molecular formula is C27H22BrFN4OS. The molecule has 3 aromatic carbocycles. The number of aromatic nitrogens is 3. The fraction of sp³-hybridized carbons (Fsp3) is 0.111. The van der Waals surface area contributed by atoms with Crippen molar-refractivity contribution in [3.05, 3.63) is 121 Å². The van der Waals surface area contributed by atoms with Crippen LogP contribution < -0.4 is 10.4 Å². The van der Waals surface area contributed by atoms with E-state index in [1.165, 1.54) is 23.5 Å². The van der Waals surface area contributed by atoms with Crippen LogP contribution in [0.25, 0.3) is 16.9 Å². The monoisotopic (exact) mass is 548 g/mol. The van der Waals surface area contributed by atoms with Gasteiger partial charge in [0.25, 0.3) is 5.56 Å². The van der Waals surface area contributed by atoms with Crippen LogP contribution >= 0.6 is 27.3 Å². The Morgan fingerprint density at radius 1 is 0.971 bits per heavy atom. The number of rotatable bonds is 5. The van der Waals surface area contributed by atoms with Crippen molar-refractivity contribution in [3.63, 3.8) is 0 Å². The van der Waals surface area contributed by atoms with Crippen molar-refractivity contribution in [2.75, 3.05) is 0 Å². The van der Waals surface area contributed by atoms with E-state index >= 15 is 0 Å². The second-order valence-electron chi connectivity index (χ2n) is 8.12. The van der Waals surface area contributed by atoms with Crippen molar-refractivity contribution in [1.82, 2.24) is 13.9 Å². The Morgan fingerprint density at radius 3 is 2.37 bits per heavy atom. The minimum atomic E-state index is -0.276. The lowest BCUT2D eigenvalue weighted by Gasteiger charge is -2.11. The SMILES string of the molecule is Cc1c(N=c2scc(-c3ccccc3Br)n2Cc2ccc(F)cc2)c(=O)n(-c2ccccc2)n1C. The molecule has 0 N–H and O–H groups in total. The largest absolute Gasteiger partial charge is 0.312 e. The van der Waals surface area contributed by atoms with E-state index in [4.69, 9.17) is 4.99 Å². The van der Waals surface area contributed by atoms with E-state index in [0.717, 1.165) is 32.7 Å². The second kappa shape index (κ2) is 9.64. The Bertz CT molecular complexity index is 1630. The molecule has 0 saturated heterocycles. The van der Waals surface area contributed by atoms with Gasteiger partial charge in [-0.1, -0.05) is 64.5 Å². The summed E-state index contributed by atoms with van der Waals surface area (Å²) in [7, 11) is 1.86. The van der Waals surface area contributed by atoms with Crippen LogP contribution in [0, 0.1) is 12.7 Å². The summed E-state index contributed by atoms with van der Waals surface area (Å²) in [6.45, 7) is 2.38. The highest BCUT2D eigenvalue weighted by Crippen LogP contribution is 2.29. The predicted molar refractivity (Wildman–Crippen MR) is 142 cm³/mol. The molecule has 176 valence electrons. The quantitative estimate of drug-likeness (QED) is 0.258. The first-order valence-corrected chi connectivity index (χ1v) is 12.7. The number of hydrogen-bond donors (Lipinski definition) is 0.